The maximum atomic E-state index is 12.8. The highest BCUT2D eigenvalue weighted by molar-refractivity contribution is 5.79. The number of likely N-dealkylation sites (tertiary alicyclic amines) is 1. The van der Waals surface area contributed by atoms with Gasteiger partial charge < -0.3 is 15.3 Å². The quantitative estimate of drug-likeness (QED) is 0.783. The Labute approximate surface area is 154 Å². The van der Waals surface area contributed by atoms with E-state index in [1.807, 2.05) is 36.1 Å². The lowest BCUT2D eigenvalue weighted by molar-refractivity contribution is -0.137. The summed E-state index contributed by atoms with van der Waals surface area (Å²) in [6, 6.07) is 7.47. The zero-order valence-corrected chi connectivity index (χ0v) is 15.5. The molecule has 0 spiro atoms. The van der Waals surface area contributed by atoms with E-state index in [2.05, 4.69) is 5.32 Å². The van der Waals surface area contributed by atoms with Gasteiger partial charge in [0.25, 0.3) is 0 Å². The number of nitrogens with zero attached hydrogens (tertiary/aromatic N) is 1. The highest BCUT2D eigenvalue weighted by Gasteiger charge is 2.26. The van der Waals surface area contributed by atoms with Gasteiger partial charge in [-0.3, -0.25) is 14.4 Å². The van der Waals surface area contributed by atoms with Crippen LogP contribution < -0.4 is 5.32 Å². The van der Waals surface area contributed by atoms with Gasteiger partial charge in [0.05, 0.1) is 12.5 Å². The fraction of sp³-hybridized carbons (Fsp3) is 0.550. The van der Waals surface area contributed by atoms with Crippen molar-refractivity contribution in [2.24, 2.45) is 5.92 Å². The molecule has 6 heteroatoms. The molecule has 142 valence electrons. The Bertz CT molecular complexity index is 642. The van der Waals surface area contributed by atoms with E-state index in [-0.39, 0.29) is 36.6 Å². The first-order valence-corrected chi connectivity index (χ1v) is 9.18. The number of hydrogen-bond acceptors (Lipinski definition) is 3. The molecule has 1 aromatic carbocycles. The van der Waals surface area contributed by atoms with Gasteiger partial charge in [0, 0.05) is 26.4 Å². The van der Waals surface area contributed by atoms with Gasteiger partial charge in [-0.05, 0) is 37.7 Å². The monoisotopic (exact) mass is 360 g/mol. The van der Waals surface area contributed by atoms with Gasteiger partial charge in [-0.25, -0.2) is 0 Å². The maximum absolute atomic E-state index is 12.8. The molecule has 1 aromatic rings. The fourth-order valence-electron chi connectivity index (χ4n) is 3.45. The van der Waals surface area contributed by atoms with E-state index in [1.54, 1.807) is 0 Å². The molecule has 0 radical (unpaired) electrons. The second kappa shape index (κ2) is 9.36. The number of piperidine rings is 1. The predicted octanol–water partition coefficient (Wildman–Crippen LogP) is 2.67. The summed E-state index contributed by atoms with van der Waals surface area (Å²) < 4.78 is 0. The van der Waals surface area contributed by atoms with Crippen molar-refractivity contribution in [1.82, 2.24) is 10.2 Å². The summed E-state index contributed by atoms with van der Waals surface area (Å²) in [5.41, 5.74) is 2.04. The smallest absolute Gasteiger partial charge is 0.303 e. The lowest BCUT2D eigenvalue weighted by Gasteiger charge is -2.33. The molecule has 2 amide bonds. The summed E-state index contributed by atoms with van der Waals surface area (Å²) in [6.07, 6.45) is 2.82. The summed E-state index contributed by atoms with van der Waals surface area (Å²) in [5.74, 6) is -0.716. The second-order valence-corrected chi connectivity index (χ2v) is 7.15. The number of aryl methyl sites for hydroxylation is 1. The normalized spacial score (nSPS) is 18.2. The number of rotatable bonds is 7. The molecule has 2 N–H and O–H groups in total. The number of nitrogens with one attached hydrogen (secondary N) is 1. The van der Waals surface area contributed by atoms with E-state index in [0.717, 1.165) is 24.0 Å². The van der Waals surface area contributed by atoms with Gasteiger partial charge in [0.15, 0.2) is 0 Å². The third-order valence-electron chi connectivity index (χ3n) is 4.87. The van der Waals surface area contributed by atoms with Crippen LogP contribution in [0.1, 0.15) is 56.2 Å². The molecular formula is C20H28N2O4. The molecule has 0 bridgehead atoms. The second-order valence-electron chi connectivity index (χ2n) is 7.15. The number of carbonyl (C=O) groups excluding carboxylic acids is 2. The van der Waals surface area contributed by atoms with Gasteiger partial charge in [-0.2, -0.15) is 0 Å². The van der Waals surface area contributed by atoms with Crippen LogP contribution in [0.3, 0.4) is 0 Å². The molecule has 0 unspecified atom stereocenters. The van der Waals surface area contributed by atoms with Crippen molar-refractivity contribution in [2.75, 3.05) is 13.1 Å². The van der Waals surface area contributed by atoms with Crippen LogP contribution in [-0.4, -0.2) is 40.9 Å². The Hall–Kier alpha value is -2.37. The molecule has 26 heavy (non-hydrogen) atoms. The van der Waals surface area contributed by atoms with E-state index in [4.69, 9.17) is 5.11 Å². The van der Waals surface area contributed by atoms with Crippen molar-refractivity contribution in [3.8, 4) is 0 Å². The van der Waals surface area contributed by atoms with Crippen LogP contribution in [0.25, 0.3) is 0 Å². The minimum absolute atomic E-state index is 0.00403. The molecule has 1 aliphatic rings. The van der Waals surface area contributed by atoms with Crippen LogP contribution in [0.4, 0.5) is 0 Å². The van der Waals surface area contributed by atoms with Gasteiger partial charge in [0.1, 0.15) is 0 Å². The standard InChI is InChI=1S/C20H28N2O4/c1-14-5-8-17(9-6-14)18(21-15(2)23)12-19(24)22-11-3-4-16(13-22)7-10-20(25)26/h5-6,8-9,16,18H,3-4,7,10-13H2,1-2H3,(H,21,23)(H,25,26)/t16-,18+/m0/s1. The number of aliphatic carboxylic acids is 1. The van der Waals surface area contributed by atoms with Crippen molar-refractivity contribution < 1.29 is 19.5 Å². The zero-order chi connectivity index (χ0) is 19.1. The number of amides is 2. The van der Waals surface area contributed by atoms with Gasteiger partial charge in [-0.1, -0.05) is 29.8 Å². The maximum Gasteiger partial charge on any atom is 0.303 e. The highest BCUT2D eigenvalue weighted by atomic mass is 16.4. The van der Waals surface area contributed by atoms with Crippen molar-refractivity contribution in [3.05, 3.63) is 35.4 Å². The first-order chi connectivity index (χ1) is 12.3. The van der Waals surface area contributed by atoms with Crippen LogP contribution in [-0.2, 0) is 14.4 Å². The zero-order valence-electron chi connectivity index (χ0n) is 15.5. The lowest BCUT2D eigenvalue weighted by atomic mass is 9.92. The first-order valence-electron chi connectivity index (χ1n) is 9.18. The molecule has 1 aliphatic heterocycles. The van der Waals surface area contributed by atoms with Crippen molar-refractivity contribution in [2.45, 2.75) is 52.0 Å². The summed E-state index contributed by atoms with van der Waals surface area (Å²) in [6.45, 7) is 4.75. The average molecular weight is 360 g/mol. The molecule has 0 saturated carbocycles. The number of hydrogen-bond donors (Lipinski definition) is 2. The minimum atomic E-state index is -0.793. The Morgan fingerprint density at radius 2 is 1.96 bits per heavy atom. The number of carboxylic acid groups (broad SMARTS) is 1. The van der Waals surface area contributed by atoms with E-state index in [9.17, 15) is 14.4 Å². The van der Waals surface area contributed by atoms with E-state index < -0.39 is 5.97 Å². The van der Waals surface area contributed by atoms with Crippen molar-refractivity contribution in [1.29, 1.82) is 0 Å². The summed E-state index contributed by atoms with van der Waals surface area (Å²) in [4.78, 5) is 36.9. The largest absolute Gasteiger partial charge is 0.481 e. The van der Waals surface area contributed by atoms with Crippen molar-refractivity contribution in [3.63, 3.8) is 0 Å². The third kappa shape index (κ3) is 6.17. The third-order valence-corrected chi connectivity index (χ3v) is 4.87. The molecule has 2 rings (SSSR count). The number of carboxylic acids is 1. The molecule has 2 atom stereocenters. The Kier molecular flexibility index (Phi) is 7.18. The average Bonchev–Trinajstić information content (AvgIpc) is 2.60. The van der Waals surface area contributed by atoms with E-state index in [1.165, 1.54) is 6.92 Å². The minimum Gasteiger partial charge on any atom is -0.481 e. The Morgan fingerprint density at radius 3 is 2.58 bits per heavy atom. The summed E-state index contributed by atoms with van der Waals surface area (Å²) in [7, 11) is 0. The molecular weight excluding hydrogens is 332 g/mol. The number of benzene rings is 1. The van der Waals surface area contributed by atoms with E-state index >= 15 is 0 Å². The molecule has 0 aromatic heterocycles. The van der Waals surface area contributed by atoms with E-state index in [0.29, 0.717) is 19.5 Å². The highest BCUT2D eigenvalue weighted by Crippen LogP contribution is 2.24. The van der Waals surface area contributed by atoms with Gasteiger partial charge in [0.2, 0.25) is 11.8 Å². The van der Waals surface area contributed by atoms with Crippen LogP contribution in [0.2, 0.25) is 0 Å². The van der Waals surface area contributed by atoms with Crippen molar-refractivity contribution >= 4 is 17.8 Å². The van der Waals surface area contributed by atoms with Crippen LogP contribution in [0.5, 0.6) is 0 Å². The SMILES string of the molecule is CC(=O)N[C@H](CC(=O)N1CCC[C@@H](CCC(=O)O)C1)c1ccc(C)cc1. The number of carbonyl (C=O) groups is 3. The van der Waals surface area contributed by atoms with Gasteiger partial charge in [-0.15, -0.1) is 0 Å². The molecule has 1 heterocycles. The van der Waals surface area contributed by atoms with Crippen LogP contribution in [0, 0.1) is 12.8 Å². The topological polar surface area (TPSA) is 86.7 Å². The Morgan fingerprint density at radius 1 is 1.27 bits per heavy atom. The lowest BCUT2D eigenvalue weighted by Crippen LogP contribution is -2.42. The summed E-state index contributed by atoms with van der Waals surface area (Å²) >= 11 is 0. The molecule has 1 saturated heterocycles. The molecule has 6 nitrogen and oxygen atoms in total. The van der Waals surface area contributed by atoms with Gasteiger partial charge >= 0.3 is 5.97 Å². The molecule has 0 aliphatic carbocycles. The molecule has 1 fully saturated rings. The van der Waals surface area contributed by atoms with Crippen LogP contribution >= 0.6 is 0 Å². The first kappa shape index (κ1) is 19.9. The predicted molar refractivity (Wildman–Crippen MR) is 98.5 cm³/mol. The van der Waals surface area contributed by atoms with Crippen LogP contribution in [0.15, 0.2) is 24.3 Å². The summed E-state index contributed by atoms with van der Waals surface area (Å²) in [5, 5.41) is 11.7. The Balaban J connectivity index is 2.00. The fourth-order valence-corrected chi connectivity index (χ4v) is 3.45.